The van der Waals surface area contributed by atoms with Gasteiger partial charge in [-0.05, 0) is 71.1 Å². The smallest absolute Gasteiger partial charge is 0.136 e. The fraction of sp³-hybridized carbons (Fsp3) is 0.667. The number of hydrogen-bond donors (Lipinski definition) is 0. The largest absolute Gasteiger partial charge is 0.365 e. The second-order valence-corrected chi connectivity index (χ2v) is 11.9. The number of Topliss-reactive ketones (excluding diaryl/α,β-unsaturated/α-hetero) is 1. The maximum Gasteiger partial charge on any atom is 0.136 e. The third kappa shape index (κ3) is 9.63. The lowest BCUT2D eigenvalue weighted by Gasteiger charge is -2.17. The molecule has 0 spiro atoms. The molecule has 4 nitrogen and oxygen atoms in total. The van der Waals surface area contributed by atoms with E-state index in [2.05, 4.69) is 58.1 Å². The van der Waals surface area contributed by atoms with Gasteiger partial charge in [-0.25, -0.2) is 0 Å². The predicted molar refractivity (Wildman–Crippen MR) is 152 cm³/mol. The second kappa shape index (κ2) is 14.8. The van der Waals surface area contributed by atoms with Crippen molar-refractivity contribution in [2.75, 3.05) is 0 Å². The molecule has 2 rings (SSSR count). The second-order valence-electron chi connectivity index (χ2n) is 11.9. The van der Waals surface area contributed by atoms with Gasteiger partial charge in [0.2, 0.25) is 0 Å². The molecule has 0 aromatic rings. The summed E-state index contributed by atoms with van der Waals surface area (Å²) in [6, 6.07) is 0. The molecule has 0 aromatic carbocycles. The number of rotatable bonds is 19. The van der Waals surface area contributed by atoms with Gasteiger partial charge in [-0.1, -0.05) is 81.2 Å². The van der Waals surface area contributed by atoms with Crippen molar-refractivity contribution in [3.05, 3.63) is 47.6 Å². The highest BCUT2D eigenvalue weighted by Gasteiger charge is 2.70. The van der Waals surface area contributed by atoms with Crippen LogP contribution in [-0.2, 0) is 19.1 Å². The molecule has 37 heavy (non-hydrogen) atoms. The van der Waals surface area contributed by atoms with E-state index < -0.39 is 0 Å². The number of ether oxygens (including phenoxy) is 1. The Kier molecular flexibility index (Phi) is 12.4. The van der Waals surface area contributed by atoms with Crippen molar-refractivity contribution in [2.24, 2.45) is 23.2 Å². The lowest BCUT2D eigenvalue weighted by molar-refractivity contribution is -0.123. The summed E-state index contributed by atoms with van der Waals surface area (Å²) in [5, 5.41) is 0. The summed E-state index contributed by atoms with van der Waals surface area (Å²) < 4.78 is 5.92. The van der Waals surface area contributed by atoms with Crippen LogP contribution in [0, 0.1) is 23.2 Å². The van der Waals surface area contributed by atoms with Gasteiger partial charge in [0, 0.05) is 18.8 Å². The van der Waals surface area contributed by atoms with Gasteiger partial charge in [-0.2, -0.15) is 0 Å². The first kappa shape index (κ1) is 31.1. The maximum atomic E-state index is 12.6. The molecule has 1 aliphatic heterocycles. The van der Waals surface area contributed by atoms with E-state index in [0.29, 0.717) is 24.5 Å². The van der Waals surface area contributed by atoms with Crippen molar-refractivity contribution in [1.82, 2.24) is 0 Å². The zero-order chi connectivity index (χ0) is 27.5. The molecular weight excluding hydrogens is 460 g/mol. The fourth-order valence-corrected chi connectivity index (χ4v) is 5.30. The SMILES string of the molecule is C\C(=C/C=C/C=C/[C@@H](C)CC(C)C(=O)CC(C)/C(C)=C/CC=O)CCCCCC1OC1(C)C1(C=O)CC1. The van der Waals surface area contributed by atoms with Gasteiger partial charge in [0.15, 0.2) is 0 Å². The molecule has 1 saturated heterocycles. The predicted octanol–water partition coefficient (Wildman–Crippen LogP) is 7.93. The molecule has 1 aliphatic carbocycles. The molecule has 1 heterocycles. The van der Waals surface area contributed by atoms with Crippen LogP contribution in [0.1, 0.15) is 106 Å². The Morgan fingerprint density at radius 2 is 1.73 bits per heavy atom. The van der Waals surface area contributed by atoms with Gasteiger partial charge < -0.3 is 14.3 Å². The van der Waals surface area contributed by atoms with Crippen LogP contribution in [0.15, 0.2) is 47.6 Å². The number of carbonyl (C=O) groups excluding carboxylic acids is 3. The van der Waals surface area contributed by atoms with Crippen molar-refractivity contribution in [3.8, 4) is 0 Å². The minimum atomic E-state index is -0.179. The van der Waals surface area contributed by atoms with E-state index in [-0.39, 0.29) is 29.0 Å². The van der Waals surface area contributed by atoms with Crippen LogP contribution < -0.4 is 0 Å². The van der Waals surface area contributed by atoms with Gasteiger partial charge in [0.05, 0.1) is 11.5 Å². The van der Waals surface area contributed by atoms with Gasteiger partial charge in [-0.3, -0.25) is 4.79 Å². The van der Waals surface area contributed by atoms with Crippen LogP contribution in [0.5, 0.6) is 0 Å². The van der Waals surface area contributed by atoms with Crippen LogP contribution in [0.4, 0.5) is 0 Å². The van der Waals surface area contributed by atoms with E-state index >= 15 is 0 Å². The molecule has 0 bridgehead atoms. The minimum Gasteiger partial charge on any atom is -0.365 e. The van der Waals surface area contributed by atoms with Gasteiger partial charge in [-0.15, -0.1) is 0 Å². The Morgan fingerprint density at radius 3 is 2.38 bits per heavy atom. The van der Waals surface area contributed by atoms with Crippen LogP contribution in [0.2, 0.25) is 0 Å². The number of allylic oxidation sites excluding steroid dienone is 8. The maximum absolute atomic E-state index is 12.6. The van der Waals surface area contributed by atoms with E-state index in [1.54, 1.807) is 0 Å². The molecule has 0 N–H and O–H groups in total. The first-order valence-electron chi connectivity index (χ1n) is 14.4. The van der Waals surface area contributed by atoms with Crippen molar-refractivity contribution in [1.29, 1.82) is 0 Å². The first-order valence-corrected chi connectivity index (χ1v) is 14.4. The summed E-state index contributed by atoms with van der Waals surface area (Å²) in [5.41, 5.74) is 2.15. The molecule has 0 aromatic heterocycles. The Morgan fingerprint density at radius 1 is 1.00 bits per heavy atom. The number of aldehydes is 2. The highest BCUT2D eigenvalue weighted by atomic mass is 16.6. The van der Waals surface area contributed by atoms with E-state index in [4.69, 9.17) is 4.74 Å². The Bertz CT molecular complexity index is 888. The lowest BCUT2D eigenvalue weighted by Crippen LogP contribution is -2.26. The molecule has 4 heteroatoms. The van der Waals surface area contributed by atoms with E-state index in [1.807, 2.05) is 19.9 Å². The molecule has 1 saturated carbocycles. The van der Waals surface area contributed by atoms with Crippen LogP contribution in [0.25, 0.3) is 0 Å². The number of hydrogen-bond acceptors (Lipinski definition) is 4. The first-order chi connectivity index (χ1) is 17.6. The van der Waals surface area contributed by atoms with Crippen LogP contribution >= 0.6 is 0 Å². The monoisotopic (exact) mass is 510 g/mol. The molecule has 2 fully saturated rings. The summed E-state index contributed by atoms with van der Waals surface area (Å²) in [6.45, 7) is 12.5. The molecule has 5 atom stereocenters. The molecule has 0 amide bonds. The van der Waals surface area contributed by atoms with Gasteiger partial charge >= 0.3 is 0 Å². The summed E-state index contributed by atoms with van der Waals surface area (Å²) in [6.07, 6.45) is 24.3. The van der Waals surface area contributed by atoms with E-state index in [1.165, 1.54) is 18.4 Å². The molecule has 4 unspecified atom stereocenters. The molecule has 2 aliphatic rings. The number of unbranched alkanes of at least 4 members (excludes halogenated alkanes) is 2. The summed E-state index contributed by atoms with van der Waals surface area (Å²) in [7, 11) is 0. The van der Waals surface area contributed by atoms with Gasteiger partial charge in [0.1, 0.15) is 24.0 Å². The van der Waals surface area contributed by atoms with Crippen molar-refractivity contribution < 1.29 is 19.1 Å². The van der Waals surface area contributed by atoms with Crippen molar-refractivity contribution >= 4 is 18.4 Å². The number of carbonyl (C=O) groups is 3. The van der Waals surface area contributed by atoms with Crippen molar-refractivity contribution in [3.63, 3.8) is 0 Å². The summed E-state index contributed by atoms with van der Waals surface area (Å²) >= 11 is 0. The molecule has 0 radical (unpaired) electrons. The van der Waals surface area contributed by atoms with E-state index in [9.17, 15) is 14.4 Å². The topological polar surface area (TPSA) is 63.7 Å². The quantitative estimate of drug-likeness (QED) is 0.0582. The van der Waals surface area contributed by atoms with Crippen LogP contribution in [-0.4, -0.2) is 30.1 Å². The summed E-state index contributed by atoms with van der Waals surface area (Å²) in [4.78, 5) is 34.5. The standard InChI is InChI=1S/C33H50O4/c1-25(15-10-8-12-18-31-32(6,37-31)33(24-35)19-20-33)14-9-7-11-16-26(2)22-29(5)30(36)23-28(4)27(3)17-13-21-34/h7,9,11,14,16-17,21,24,26,28-29,31H,8,10,12-13,15,18-20,22-23H2,1-6H3/b9-7+,16-11+,25-14+,27-17+/t26-,28?,29?,31?,32?/m1/s1. The van der Waals surface area contributed by atoms with Gasteiger partial charge in [0.25, 0.3) is 0 Å². The normalized spacial score (nSPS) is 25.7. The highest BCUT2D eigenvalue weighted by molar-refractivity contribution is 5.81. The third-order valence-corrected chi connectivity index (χ3v) is 8.62. The minimum absolute atomic E-state index is 0.0344. The Hall–Kier alpha value is -2.07. The Balaban J connectivity index is 1.58. The third-order valence-electron chi connectivity index (χ3n) is 8.62. The summed E-state index contributed by atoms with van der Waals surface area (Å²) in [5.74, 6) is 0.860. The van der Waals surface area contributed by atoms with Crippen molar-refractivity contribution in [2.45, 2.75) is 117 Å². The number of epoxide rings is 1. The van der Waals surface area contributed by atoms with Crippen LogP contribution in [0.3, 0.4) is 0 Å². The average molecular weight is 511 g/mol. The average Bonchev–Trinajstić information content (AvgIpc) is 3.78. The Labute approximate surface area is 225 Å². The fourth-order valence-electron chi connectivity index (χ4n) is 5.30. The highest BCUT2D eigenvalue weighted by Crippen LogP contribution is 2.63. The molecule has 206 valence electrons. The molecular formula is C33H50O4. The zero-order valence-corrected chi connectivity index (χ0v) is 24.1. The van der Waals surface area contributed by atoms with E-state index in [0.717, 1.165) is 56.7 Å². The number of ketones is 1. The lowest BCUT2D eigenvalue weighted by atomic mass is 9.87. The zero-order valence-electron chi connectivity index (χ0n) is 24.1.